The van der Waals surface area contributed by atoms with Crippen LogP contribution in [-0.2, 0) is 20.9 Å². The second-order valence-corrected chi connectivity index (χ2v) is 7.25. The van der Waals surface area contributed by atoms with Crippen molar-refractivity contribution >= 4 is 23.4 Å². The summed E-state index contributed by atoms with van der Waals surface area (Å²) < 4.78 is 10.6. The lowest BCUT2D eigenvalue weighted by Gasteiger charge is -2.20. The molecular formula is C23H27N3O5. The summed E-state index contributed by atoms with van der Waals surface area (Å²) >= 11 is 0. The first-order valence-corrected chi connectivity index (χ1v) is 10.1. The lowest BCUT2D eigenvalue weighted by atomic mass is 10.1. The maximum Gasteiger partial charge on any atom is 0.227 e. The van der Waals surface area contributed by atoms with E-state index >= 15 is 0 Å². The second-order valence-electron chi connectivity index (χ2n) is 7.25. The highest BCUT2D eigenvalue weighted by Gasteiger charge is 2.36. The van der Waals surface area contributed by atoms with Gasteiger partial charge in [0.15, 0.2) is 0 Å². The lowest BCUT2D eigenvalue weighted by Crippen LogP contribution is -2.35. The molecule has 1 aliphatic rings. The Morgan fingerprint density at radius 2 is 1.84 bits per heavy atom. The van der Waals surface area contributed by atoms with Crippen molar-refractivity contribution in [2.75, 3.05) is 32.2 Å². The molecule has 31 heavy (non-hydrogen) atoms. The van der Waals surface area contributed by atoms with Crippen LogP contribution in [0, 0.1) is 5.92 Å². The fourth-order valence-electron chi connectivity index (χ4n) is 3.45. The van der Waals surface area contributed by atoms with Gasteiger partial charge in [0, 0.05) is 38.5 Å². The lowest BCUT2D eigenvalue weighted by molar-refractivity contribution is -0.126. The van der Waals surface area contributed by atoms with E-state index in [1.807, 2.05) is 30.3 Å². The number of amides is 3. The van der Waals surface area contributed by atoms with E-state index in [0.717, 1.165) is 5.56 Å². The van der Waals surface area contributed by atoms with Gasteiger partial charge in [0.2, 0.25) is 17.7 Å². The highest BCUT2D eigenvalue weighted by atomic mass is 16.5. The number of ether oxygens (including phenoxy) is 2. The molecule has 2 aromatic rings. The highest BCUT2D eigenvalue weighted by molar-refractivity contribution is 6.01. The van der Waals surface area contributed by atoms with Crippen LogP contribution in [0.2, 0.25) is 0 Å². The van der Waals surface area contributed by atoms with Crippen molar-refractivity contribution in [2.45, 2.75) is 19.4 Å². The molecule has 8 nitrogen and oxygen atoms in total. The van der Waals surface area contributed by atoms with Crippen LogP contribution in [0.3, 0.4) is 0 Å². The fraction of sp³-hybridized carbons (Fsp3) is 0.348. The number of benzene rings is 2. The molecule has 1 atom stereocenters. The summed E-state index contributed by atoms with van der Waals surface area (Å²) in [4.78, 5) is 38.6. The SMILES string of the molecule is COc1ccc(N2CC(C(=O)NCCC(=O)NCc3ccccc3)CC2=O)c(OC)c1. The number of nitrogens with one attached hydrogen (secondary N) is 2. The van der Waals surface area contributed by atoms with Crippen LogP contribution in [-0.4, -0.2) is 45.0 Å². The summed E-state index contributed by atoms with van der Waals surface area (Å²) in [7, 11) is 3.07. The molecule has 1 unspecified atom stereocenters. The number of methoxy groups -OCH3 is 2. The van der Waals surface area contributed by atoms with E-state index in [4.69, 9.17) is 9.47 Å². The van der Waals surface area contributed by atoms with Gasteiger partial charge in [0.25, 0.3) is 0 Å². The minimum Gasteiger partial charge on any atom is -0.497 e. The van der Waals surface area contributed by atoms with Gasteiger partial charge in [-0.3, -0.25) is 14.4 Å². The zero-order valence-corrected chi connectivity index (χ0v) is 17.7. The van der Waals surface area contributed by atoms with E-state index in [0.29, 0.717) is 23.7 Å². The van der Waals surface area contributed by atoms with Crippen molar-refractivity contribution in [2.24, 2.45) is 5.92 Å². The number of nitrogens with zero attached hydrogens (tertiary/aromatic N) is 1. The zero-order valence-electron chi connectivity index (χ0n) is 17.7. The van der Waals surface area contributed by atoms with Gasteiger partial charge in [-0.25, -0.2) is 0 Å². The van der Waals surface area contributed by atoms with Crippen LogP contribution >= 0.6 is 0 Å². The first-order valence-electron chi connectivity index (χ1n) is 10.1. The summed E-state index contributed by atoms with van der Waals surface area (Å²) in [6, 6.07) is 14.8. The fourth-order valence-corrected chi connectivity index (χ4v) is 3.45. The number of hydrogen-bond donors (Lipinski definition) is 2. The monoisotopic (exact) mass is 425 g/mol. The summed E-state index contributed by atoms with van der Waals surface area (Å²) in [5, 5.41) is 5.59. The molecule has 0 aliphatic carbocycles. The number of rotatable bonds is 9. The van der Waals surface area contributed by atoms with Gasteiger partial charge < -0.3 is 25.0 Å². The van der Waals surface area contributed by atoms with E-state index < -0.39 is 5.92 Å². The van der Waals surface area contributed by atoms with E-state index in [9.17, 15) is 14.4 Å². The Balaban J connectivity index is 1.47. The minimum atomic E-state index is -0.480. The van der Waals surface area contributed by atoms with Crippen molar-refractivity contribution in [3.63, 3.8) is 0 Å². The Morgan fingerprint density at radius 1 is 1.06 bits per heavy atom. The number of carbonyl (C=O) groups is 3. The average Bonchev–Trinajstić information content (AvgIpc) is 3.19. The molecule has 1 aliphatic heterocycles. The van der Waals surface area contributed by atoms with Crippen molar-refractivity contribution in [1.82, 2.24) is 10.6 Å². The third kappa shape index (κ3) is 5.75. The molecular weight excluding hydrogens is 398 g/mol. The van der Waals surface area contributed by atoms with Gasteiger partial charge in [0.05, 0.1) is 25.8 Å². The summed E-state index contributed by atoms with van der Waals surface area (Å²) in [5.41, 5.74) is 1.61. The molecule has 164 valence electrons. The van der Waals surface area contributed by atoms with Crippen LogP contribution in [0.5, 0.6) is 11.5 Å². The predicted molar refractivity (Wildman–Crippen MR) is 116 cm³/mol. The van der Waals surface area contributed by atoms with E-state index in [2.05, 4.69) is 10.6 Å². The predicted octanol–water partition coefficient (Wildman–Crippen LogP) is 1.88. The molecule has 0 aromatic heterocycles. The van der Waals surface area contributed by atoms with Gasteiger partial charge in [-0.15, -0.1) is 0 Å². The smallest absolute Gasteiger partial charge is 0.227 e. The highest BCUT2D eigenvalue weighted by Crippen LogP contribution is 2.35. The molecule has 0 spiro atoms. The van der Waals surface area contributed by atoms with E-state index in [-0.39, 0.29) is 43.7 Å². The molecule has 1 fully saturated rings. The molecule has 0 radical (unpaired) electrons. The van der Waals surface area contributed by atoms with Gasteiger partial charge in [0.1, 0.15) is 11.5 Å². The maximum absolute atomic E-state index is 12.5. The van der Waals surface area contributed by atoms with Crippen LogP contribution < -0.4 is 25.0 Å². The standard InChI is InChI=1S/C23H27N3O5/c1-30-18-8-9-19(20(13-18)31-2)26-15-17(12-22(26)28)23(29)24-11-10-21(27)25-14-16-6-4-3-5-7-16/h3-9,13,17H,10-12,14-15H2,1-2H3,(H,24,29)(H,25,27). The van der Waals surface area contributed by atoms with E-state index in [1.165, 1.54) is 7.11 Å². The Hall–Kier alpha value is -3.55. The zero-order chi connectivity index (χ0) is 22.2. The maximum atomic E-state index is 12.5. The molecule has 0 bridgehead atoms. The molecule has 2 aromatic carbocycles. The largest absolute Gasteiger partial charge is 0.497 e. The number of hydrogen-bond acceptors (Lipinski definition) is 5. The number of anilines is 1. The van der Waals surface area contributed by atoms with Crippen molar-refractivity contribution in [1.29, 1.82) is 0 Å². The van der Waals surface area contributed by atoms with Crippen LogP contribution in [0.15, 0.2) is 48.5 Å². The van der Waals surface area contributed by atoms with Gasteiger partial charge in [-0.1, -0.05) is 30.3 Å². The molecule has 0 saturated carbocycles. The Labute approximate surface area is 181 Å². The van der Waals surface area contributed by atoms with Gasteiger partial charge in [-0.05, 0) is 17.7 Å². The average molecular weight is 425 g/mol. The summed E-state index contributed by atoms with van der Waals surface area (Å²) in [6.07, 6.45) is 0.288. The minimum absolute atomic E-state index is 0.112. The number of carbonyl (C=O) groups excluding carboxylic acids is 3. The second kappa shape index (κ2) is 10.5. The van der Waals surface area contributed by atoms with Crippen LogP contribution in [0.25, 0.3) is 0 Å². The third-order valence-electron chi connectivity index (χ3n) is 5.16. The Morgan fingerprint density at radius 3 is 2.55 bits per heavy atom. The molecule has 3 amide bonds. The molecule has 1 heterocycles. The van der Waals surface area contributed by atoms with Crippen molar-refractivity contribution < 1.29 is 23.9 Å². The molecule has 3 rings (SSSR count). The van der Waals surface area contributed by atoms with Crippen molar-refractivity contribution in [3.05, 3.63) is 54.1 Å². The quantitative estimate of drug-likeness (QED) is 0.640. The topological polar surface area (TPSA) is 97.0 Å². The third-order valence-corrected chi connectivity index (χ3v) is 5.16. The summed E-state index contributed by atoms with van der Waals surface area (Å²) in [6.45, 7) is 0.924. The molecule has 8 heteroatoms. The van der Waals surface area contributed by atoms with Gasteiger partial charge in [-0.2, -0.15) is 0 Å². The molecule has 2 N–H and O–H groups in total. The first-order chi connectivity index (χ1) is 15.0. The van der Waals surface area contributed by atoms with Crippen LogP contribution in [0.4, 0.5) is 5.69 Å². The molecule has 1 saturated heterocycles. The Bertz CT molecular complexity index is 932. The Kier molecular flexibility index (Phi) is 7.48. The normalized spacial score (nSPS) is 15.5. The first kappa shape index (κ1) is 22.1. The van der Waals surface area contributed by atoms with Gasteiger partial charge >= 0.3 is 0 Å². The van der Waals surface area contributed by atoms with Crippen LogP contribution in [0.1, 0.15) is 18.4 Å². The summed E-state index contributed by atoms with van der Waals surface area (Å²) in [5.74, 6) is 0.113. The van der Waals surface area contributed by atoms with Crippen molar-refractivity contribution in [3.8, 4) is 11.5 Å². The van der Waals surface area contributed by atoms with E-state index in [1.54, 1.807) is 30.2 Å².